The van der Waals surface area contributed by atoms with Gasteiger partial charge in [0.05, 0.1) is 12.3 Å². The molecule has 104 valence electrons. The molecule has 0 radical (unpaired) electrons. The van der Waals surface area contributed by atoms with E-state index < -0.39 is 10.0 Å². The van der Waals surface area contributed by atoms with Gasteiger partial charge in [0.25, 0.3) is 0 Å². The van der Waals surface area contributed by atoms with E-state index in [2.05, 4.69) is 5.32 Å². The molecule has 2 saturated heterocycles. The molecule has 1 atom stereocenters. The summed E-state index contributed by atoms with van der Waals surface area (Å²) in [4.78, 5) is 14.0. The number of hydrogen-bond donors (Lipinski definition) is 1. The molecule has 2 fully saturated rings. The highest BCUT2D eigenvalue weighted by Gasteiger charge is 2.30. The van der Waals surface area contributed by atoms with Crippen LogP contribution in [0.15, 0.2) is 0 Å². The topological polar surface area (TPSA) is 69.7 Å². The van der Waals surface area contributed by atoms with E-state index in [0.29, 0.717) is 26.2 Å². The molecular formula is C10H19N3O3S2. The standard InChI is InChI=1S/C10H19N3O3S2/c1-18(15,16)13-5-3-12(4-6-13)10(14)9-8-17-7-2-11-9/h9,11H,2-8H2,1H3. The Morgan fingerprint density at radius 3 is 2.44 bits per heavy atom. The van der Waals surface area contributed by atoms with Crippen LogP contribution in [0.4, 0.5) is 0 Å². The van der Waals surface area contributed by atoms with E-state index in [4.69, 9.17) is 0 Å². The van der Waals surface area contributed by atoms with Gasteiger partial charge >= 0.3 is 0 Å². The van der Waals surface area contributed by atoms with Crippen LogP contribution in [0.5, 0.6) is 0 Å². The number of nitrogens with one attached hydrogen (secondary N) is 1. The summed E-state index contributed by atoms with van der Waals surface area (Å²) in [6.07, 6.45) is 1.21. The van der Waals surface area contributed by atoms with Crippen LogP contribution in [-0.2, 0) is 14.8 Å². The molecule has 0 aliphatic carbocycles. The van der Waals surface area contributed by atoms with Crippen LogP contribution >= 0.6 is 11.8 Å². The van der Waals surface area contributed by atoms with Crippen LogP contribution in [0.3, 0.4) is 0 Å². The molecule has 1 N–H and O–H groups in total. The first kappa shape index (κ1) is 14.1. The van der Waals surface area contributed by atoms with E-state index in [1.807, 2.05) is 0 Å². The number of nitrogens with zero attached hydrogens (tertiary/aromatic N) is 2. The van der Waals surface area contributed by atoms with E-state index >= 15 is 0 Å². The maximum atomic E-state index is 12.2. The zero-order valence-electron chi connectivity index (χ0n) is 10.5. The van der Waals surface area contributed by atoms with Crippen molar-refractivity contribution < 1.29 is 13.2 Å². The minimum absolute atomic E-state index is 0.103. The highest BCUT2D eigenvalue weighted by molar-refractivity contribution is 7.99. The maximum absolute atomic E-state index is 12.2. The SMILES string of the molecule is CS(=O)(=O)N1CCN(C(=O)C2CSCCN2)CC1. The fourth-order valence-corrected chi connectivity index (χ4v) is 3.94. The third kappa shape index (κ3) is 3.37. The van der Waals surface area contributed by atoms with Crippen LogP contribution in [-0.4, -0.2) is 80.1 Å². The Labute approximate surface area is 112 Å². The second kappa shape index (κ2) is 5.77. The largest absolute Gasteiger partial charge is 0.339 e. The Bertz CT molecular complexity index is 399. The zero-order chi connectivity index (χ0) is 13.2. The third-order valence-electron chi connectivity index (χ3n) is 3.24. The quantitative estimate of drug-likeness (QED) is 0.692. The fourth-order valence-electron chi connectivity index (χ4n) is 2.18. The Hall–Kier alpha value is -0.310. The molecule has 1 amide bonds. The fraction of sp³-hybridized carbons (Fsp3) is 0.900. The van der Waals surface area contributed by atoms with Gasteiger partial charge in [-0.25, -0.2) is 8.42 Å². The van der Waals surface area contributed by atoms with Crippen LogP contribution < -0.4 is 5.32 Å². The number of amides is 1. The highest BCUT2D eigenvalue weighted by Crippen LogP contribution is 2.12. The van der Waals surface area contributed by atoms with Gasteiger partial charge in [0, 0.05) is 44.2 Å². The summed E-state index contributed by atoms with van der Waals surface area (Å²) < 4.78 is 24.2. The van der Waals surface area contributed by atoms with Crippen molar-refractivity contribution in [2.45, 2.75) is 6.04 Å². The Kier molecular flexibility index (Phi) is 4.52. The number of rotatable bonds is 2. The van der Waals surface area contributed by atoms with Gasteiger partial charge in [-0.1, -0.05) is 0 Å². The molecule has 0 bridgehead atoms. The molecule has 2 heterocycles. The summed E-state index contributed by atoms with van der Waals surface area (Å²) >= 11 is 1.78. The summed E-state index contributed by atoms with van der Waals surface area (Å²) in [5, 5.41) is 3.21. The minimum atomic E-state index is -3.12. The minimum Gasteiger partial charge on any atom is -0.339 e. The lowest BCUT2D eigenvalue weighted by molar-refractivity contribution is -0.134. The van der Waals surface area contributed by atoms with E-state index in [9.17, 15) is 13.2 Å². The van der Waals surface area contributed by atoms with Gasteiger partial charge in [0.1, 0.15) is 0 Å². The molecule has 2 aliphatic heterocycles. The monoisotopic (exact) mass is 293 g/mol. The molecular weight excluding hydrogens is 274 g/mol. The number of piperazine rings is 1. The number of hydrogen-bond acceptors (Lipinski definition) is 5. The lowest BCUT2D eigenvalue weighted by Crippen LogP contribution is -2.56. The number of thioether (sulfide) groups is 1. The molecule has 0 aromatic heterocycles. The van der Waals surface area contributed by atoms with Crippen LogP contribution in [0.2, 0.25) is 0 Å². The Morgan fingerprint density at radius 2 is 1.94 bits per heavy atom. The van der Waals surface area contributed by atoms with Gasteiger partial charge in [-0.2, -0.15) is 16.1 Å². The lowest BCUT2D eigenvalue weighted by Gasteiger charge is -2.36. The van der Waals surface area contributed by atoms with Gasteiger partial charge in [-0.15, -0.1) is 0 Å². The van der Waals surface area contributed by atoms with Crippen molar-refractivity contribution in [3.8, 4) is 0 Å². The van der Waals surface area contributed by atoms with E-state index in [-0.39, 0.29) is 11.9 Å². The van der Waals surface area contributed by atoms with E-state index in [1.54, 1.807) is 16.7 Å². The third-order valence-corrected chi connectivity index (χ3v) is 5.60. The molecule has 8 heteroatoms. The van der Waals surface area contributed by atoms with Crippen molar-refractivity contribution in [2.24, 2.45) is 0 Å². The first-order chi connectivity index (χ1) is 8.48. The second-order valence-electron chi connectivity index (χ2n) is 4.57. The van der Waals surface area contributed by atoms with Gasteiger partial charge in [-0.05, 0) is 0 Å². The summed E-state index contributed by atoms with van der Waals surface area (Å²) in [6, 6.07) is -0.103. The predicted octanol–water partition coefficient (Wildman–Crippen LogP) is -1.20. The molecule has 0 aromatic rings. The molecule has 6 nitrogen and oxygen atoms in total. The van der Waals surface area contributed by atoms with Crippen molar-refractivity contribution in [3.63, 3.8) is 0 Å². The number of carbonyl (C=O) groups is 1. The average Bonchev–Trinajstić information content (AvgIpc) is 2.38. The van der Waals surface area contributed by atoms with E-state index in [0.717, 1.165) is 18.1 Å². The van der Waals surface area contributed by atoms with Crippen molar-refractivity contribution >= 4 is 27.7 Å². The van der Waals surface area contributed by atoms with Crippen LogP contribution in [0.25, 0.3) is 0 Å². The molecule has 0 saturated carbocycles. The second-order valence-corrected chi connectivity index (χ2v) is 7.70. The van der Waals surface area contributed by atoms with Crippen molar-refractivity contribution in [1.82, 2.24) is 14.5 Å². The number of carbonyl (C=O) groups excluding carboxylic acids is 1. The average molecular weight is 293 g/mol. The van der Waals surface area contributed by atoms with Crippen molar-refractivity contribution in [3.05, 3.63) is 0 Å². The first-order valence-corrected chi connectivity index (χ1v) is 9.04. The highest BCUT2D eigenvalue weighted by atomic mass is 32.2. The first-order valence-electron chi connectivity index (χ1n) is 6.03. The summed E-state index contributed by atoms with van der Waals surface area (Å²) in [7, 11) is -3.12. The molecule has 18 heavy (non-hydrogen) atoms. The van der Waals surface area contributed by atoms with Gasteiger partial charge in [0.2, 0.25) is 15.9 Å². The lowest BCUT2D eigenvalue weighted by atomic mass is 10.2. The summed E-state index contributed by atoms with van der Waals surface area (Å²) in [6.45, 7) is 2.67. The van der Waals surface area contributed by atoms with Gasteiger partial charge < -0.3 is 10.2 Å². The predicted molar refractivity (Wildman–Crippen MR) is 72.1 cm³/mol. The van der Waals surface area contributed by atoms with Crippen molar-refractivity contribution in [1.29, 1.82) is 0 Å². The molecule has 2 rings (SSSR count). The molecule has 2 aliphatic rings. The van der Waals surface area contributed by atoms with Crippen molar-refractivity contribution in [2.75, 3.05) is 50.5 Å². The van der Waals surface area contributed by atoms with Crippen LogP contribution in [0.1, 0.15) is 0 Å². The zero-order valence-corrected chi connectivity index (χ0v) is 12.1. The normalized spacial score (nSPS) is 27.2. The smallest absolute Gasteiger partial charge is 0.240 e. The summed E-state index contributed by atoms with van der Waals surface area (Å²) in [5.74, 6) is 1.96. The number of sulfonamides is 1. The van der Waals surface area contributed by atoms with Gasteiger partial charge in [0.15, 0.2) is 0 Å². The van der Waals surface area contributed by atoms with E-state index in [1.165, 1.54) is 10.6 Å². The maximum Gasteiger partial charge on any atom is 0.240 e. The summed E-state index contributed by atoms with van der Waals surface area (Å²) in [5.41, 5.74) is 0. The Balaban J connectivity index is 1.87. The molecule has 1 unspecified atom stereocenters. The molecule has 0 aromatic carbocycles. The van der Waals surface area contributed by atoms with Crippen LogP contribution in [0, 0.1) is 0 Å². The molecule has 0 spiro atoms. The van der Waals surface area contributed by atoms with Gasteiger partial charge in [-0.3, -0.25) is 4.79 Å². The Morgan fingerprint density at radius 1 is 1.28 bits per heavy atom.